The second-order valence-corrected chi connectivity index (χ2v) is 4.37. The molecule has 1 aromatic rings. The highest BCUT2D eigenvalue weighted by atomic mass is 19.4. The Morgan fingerprint density at radius 1 is 1.06 bits per heavy atom. The maximum Gasteiger partial charge on any atom is 0.458 e. The molecular formula is C12H13F5. The van der Waals surface area contributed by atoms with Crippen LogP contribution in [0.5, 0.6) is 0 Å². The summed E-state index contributed by atoms with van der Waals surface area (Å²) in [5, 5.41) is 0. The van der Waals surface area contributed by atoms with Crippen molar-refractivity contribution < 1.29 is 22.0 Å². The van der Waals surface area contributed by atoms with Crippen molar-refractivity contribution >= 4 is 0 Å². The second-order valence-electron chi connectivity index (χ2n) is 4.37. The van der Waals surface area contributed by atoms with Gasteiger partial charge in [0.25, 0.3) is 0 Å². The van der Waals surface area contributed by atoms with Gasteiger partial charge in [0.15, 0.2) is 0 Å². The summed E-state index contributed by atoms with van der Waals surface area (Å²) in [6, 6.07) is 4.51. The molecule has 0 aromatic heterocycles. The Kier molecular flexibility index (Phi) is 3.79. The van der Waals surface area contributed by atoms with Crippen LogP contribution in [-0.4, -0.2) is 6.18 Å². The van der Waals surface area contributed by atoms with Gasteiger partial charge in [-0.3, -0.25) is 0 Å². The Morgan fingerprint density at radius 3 is 2.12 bits per heavy atom. The Balaban J connectivity index is 3.07. The third kappa shape index (κ3) is 3.17. The van der Waals surface area contributed by atoms with Crippen molar-refractivity contribution in [2.75, 3.05) is 0 Å². The van der Waals surface area contributed by atoms with Crippen LogP contribution in [0.1, 0.15) is 25.0 Å². The van der Waals surface area contributed by atoms with E-state index in [9.17, 15) is 22.0 Å². The lowest BCUT2D eigenvalue weighted by molar-refractivity contribution is -0.289. The van der Waals surface area contributed by atoms with Gasteiger partial charge in [-0.15, -0.1) is 0 Å². The van der Waals surface area contributed by atoms with Crippen molar-refractivity contribution in [1.29, 1.82) is 0 Å². The summed E-state index contributed by atoms with van der Waals surface area (Å²) in [5.74, 6) is -4.59. The first kappa shape index (κ1) is 13.9. The van der Waals surface area contributed by atoms with E-state index in [1.807, 2.05) is 13.8 Å². The molecule has 1 rings (SSSR count). The first-order valence-corrected chi connectivity index (χ1v) is 5.18. The maximum atomic E-state index is 13.1. The minimum Gasteiger partial charge on any atom is -0.191 e. The Labute approximate surface area is 96.4 Å². The molecule has 0 nitrogen and oxygen atoms in total. The van der Waals surface area contributed by atoms with Crippen molar-refractivity contribution in [3.8, 4) is 0 Å². The van der Waals surface area contributed by atoms with Crippen LogP contribution in [-0.2, 0) is 12.3 Å². The second kappa shape index (κ2) is 4.63. The minimum absolute atomic E-state index is 0.199. The molecular weight excluding hydrogens is 239 g/mol. The van der Waals surface area contributed by atoms with Crippen molar-refractivity contribution in [2.24, 2.45) is 5.92 Å². The van der Waals surface area contributed by atoms with E-state index in [1.165, 1.54) is 6.07 Å². The monoisotopic (exact) mass is 252 g/mol. The van der Waals surface area contributed by atoms with Gasteiger partial charge in [0, 0.05) is 5.56 Å². The van der Waals surface area contributed by atoms with E-state index in [1.54, 1.807) is 6.07 Å². The predicted molar refractivity (Wildman–Crippen MR) is 54.9 cm³/mol. The molecule has 17 heavy (non-hydrogen) atoms. The zero-order chi connectivity index (χ0) is 13.3. The molecule has 0 saturated heterocycles. The highest BCUT2D eigenvalue weighted by Gasteiger charge is 2.58. The molecule has 0 amide bonds. The number of hydrogen-bond donors (Lipinski definition) is 0. The molecule has 0 saturated carbocycles. The first-order valence-electron chi connectivity index (χ1n) is 5.18. The van der Waals surface area contributed by atoms with E-state index in [0.29, 0.717) is 12.0 Å². The molecule has 0 aliphatic rings. The lowest BCUT2D eigenvalue weighted by Crippen LogP contribution is -2.33. The average molecular weight is 252 g/mol. The van der Waals surface area contributed by atoms with E-state index >= 15 is 0 Å². The third-order valence-corrected chi connectivity index (χ3v) is 2.29. The number of halogens is 5. The van der Waals surface area contributed by atoms with Gasteiger partial charge in [-0.2, -0.15) is 22.0 Å². The van der Waals surface area contributed by atoms with Crippen LogP contribution in [0.2, 0.25) is 0 Å². The van der Waals surface area contributed by atoms with E-state index in [0.717, 1.165) is 12.1 Å². The number of hydrogen-bond acceptors (Lipinski definition) is 0. The molecule has 0 aliphatic carbocycles. The zero-order valence-electron chi connectivity index (χ0n) is 9.48. The summed E-state index contributed by atoms with van der Waals surface area (Å²) in [5.41, 5.74) is -0.510. The largest absolute Gasteiger partial charge is 0.458 e. The molecule has 0 spiro atoms. The van der Waals surface area contributed by atoms with Crippen LogP contribution in [0.4, 0.5) is 22.0 Å². The third-order valence-electron chi connectivity index (χ3n) is 2.29. The van der Waals surface area contributed by atoms with Crippen LogP contribution in [0.15, 0.2) is 24.3 Å². The van der Waals surface area contributed by atoms with Crippen molar-refractivity contribution in [1.82, 2.24) is 0 Å². The van der Waals surface area contributed by atoms with Crippen LogP contribution in [0.25, 0.3) is 0 Å². The minimum atomic E-state index is -5.55. The van der Waals surface area contributed by atoms with Crippen LogP contribution in [0.3, 0.4) is 0 Å². The molecule has 0 unspecified atom stereocenters. The molecule has 0 aliphatic heterocycles. The van der Waals surface area contributed by atoms with Crippen molar-refractivity contribution in [3.05, 3.63) is 35.4 Å². The summed E-state index contributed by atoms with van der Waals surface area (Å²) < 4.78 is 62.6. The SMILES string of the molecule is CC(C)Cc1cccc(C(F)(F)C(F)(F)F)c1. The molecule has 5 heteroatoms. The molecule has 0 fully saturated rings. The van der Waals surface area contributed by atoms with Gasteiger partial charge < -0.3 is 0 Å². The topological polar surface area (TPSA) is 0 Å². The van der Waals surface area contributed by atoms with Gasteiger partial charge in [0.1, 0.15) is 0 Å². The molecule has 0 bridgehead atoms. The molecule has 0 radical (unpaired) electrons. The molecule has 96 valence electrons. The summed E-state index contributed by atoms with van der Waals surface area (Å²) in [6.07, 6.45) is -5.08. The normalized spacial score (nSPS) is 13.2. The Bertz CT molecular complexity index is 379. The molecule has 0 N–H and O–H groups in total. The summed E-state index contributed by atoms with van der Waals surface area (Å²) in [6.45, 7) is 3.74. The quantitative estimate of drug-likeness (QED) is 0.693. The van der Waals surface area contributed by atoms with Crippen LogP contribution < -0.4 is 0 Å². The Hall–Kier alpha value is -1.13. The summed E-state index contributed by atoms with van der Waals surface area (Å²) in [4.78, 5) is 0. The highest BCUT2D eigenvalue weighted by Crippen LogP contribution is 2.43. The average Bonchev–Trinajstić information content (AvgIpc) is 2.15. The van der Waals surface area contributed by atoms with Crippen LogP contribution >= 0.6 is 0 Å². The van der Waals surface area contributed by atoms with Crippen LogP contribution in [0, 0.1) is 5.92 Å². The van der Waals surface area contributed by atoms with E-state index in [2.05, 4.69) is 0 Å². The number of rotatable bonds is 3. The number of benzene rings is 1. The fourth-order valence-electron chi connectivity index (χ4n) is 1.53. The van der Waals surface area contributed by atoms with E-state index in [4.69, 9.17) is 0 Å². The predicted octanol–water partition coefficient (Wildman–Crippen LogP) is 4.54. The van der Waals surface area contributed by atoms with Crippen molar-refractivity contribution in [3.63, 3.8) is 0 Å². The maximum absolute atomic E-state index is 13.1. The standard InChI is InChI=1S/C12H13F5/c1-8(2)6-9-4-3-5-10(7-9)11(13,14)12(15,16)17/h3-5,7-8H,6H2,1-2H3. The lowest BCUT2D eigenvalue weighted by Gasteiger charge is -2.20. The summed E-state index contributed by atoms with van der Waals surface area (Å²) >= 11 is 0. The van der Waals surface area contributed by atoms with Gasteiger partial charge in [0.05, 0.1) is 0 Å². The highest BCUT2D eigenvalue weighted by molar-refractivity contribution is 5.28. The lowest BCUT2D eigenvalue weighted by atomic mass is 9.98. The zero-order valence-corrected chi connectivity index (χ0v) is 9.48. The van der Waals surface area contributed by atoms with Gasteiger partial charge in [-0.25, -0.2) is 0 Å². The van der Waals surface area contributed by atoms with Gasteiger partial charge in [0.2, 0.25) is 0 Å². The summed E-state index contributed by atoms with van der Waals surface area (Å²) in [7, 11) is 0. The van der Waals surface area contributed by atoms with Gasteiger partial charge in [-0.05, 0) is 24.0 Å². The number of alkyl halides is 5. The van der Waals surface area contributed by atoms with Crippen molar-refractivity contribution in [2.45, 2.75) is 32.4 Å². The molecule has 0 heterocycles. The first-order chi connectivity index (χ1) is 7.64. The van der Waals surface area contributed by atoms with Gasteiger partial charge in [-0.1, -0.05) is 32.0 Å². The Morgan fingerprint density at radius 2 is 1.65 bits per heavy atom. The fraction of sp³-hybridized carbons (Fsp3) is 0.500. The van der Waals surface area contributed by atoms with Gasteiger partial charge >= 0.3 is 12.1 Å². The molecule has 0 atom stereocenters. The molecule has 1 aromatic carbocycles. The fourth-order valence-corrected chi connectivity index (χ4v) is 1.53. The van der Waals surface area contributed by atoms with E-state index in [-0.39, 0.29) is 5.92 Å². The smallest absolute Gasteiger partial charge is 0.191 e. The van der Waals surface area contributed by atoms with E-state index < -0.39 is 17.7 Å².